The van der Waals surface area contributed by atoms with Crippen molar-refractivity contribution >= 4 is 53.2 Å². The molecule has 0 unspecified atom stereocenters. The van der Waals surface area contributed by atoms with Gasteiger partial charge in [-0.25, -0.2) is 28.1 Å². The number of aromatic nitrogens is 3. The Morgan fingerprint density at radius 1 is 0.282 bits per heavy atom. The number of carbonyl (C=O) groups excluding carboxylic acids is 3. The van der Waals surface area contributed by atoms with Crippen molar-refractivity contribution in [1.29, 1.82) is 0 Å². The lowest BCUT2D eigenvalue weighted by Crippen LogP contribution is -2.55. The van der Waals surface area contributed by atoms with E-state index in [-0.39, 0.29) is 58.7 Å². The van der Waals surface area contributed by atoms with Crippen molar-refractivity contribution in [2.24, 2.45) is 0 Å². The average molecular weight is 1160 g/mol. The second-order valence-corrected chi connectivity index (χ2v) is 25.5. The monoisotopic (exact) mass is 1160 g/mol. The molecular formula is C63H117N3O9S3. The van der Waals surface area contributed by atoms with Gasteiger partial charge in [-0.2, -0.15) is 35.3 Å². The van der Waals surface area contributed by atoms with Gasteiger partial charge in [-0.15, -0.1) is 0 Å². The molecule has 0 N–H and O–H groups in total. The molecule has 0 saturated carbocycles. The van der Waals surface area contributed by atoms with Crippen molar-refractivity contribution in [3.63, 3.8) is 0 Å². The van der Waals surface area contributed by atoms with Crippen LogP contribution in [0.3, 0.4) is 0 Å². The Balaban J connectivity index is 2.55. The summed E-state index contributed by atoms with van der Waals surface area (Å²) < 4.78 is 18.9. The highest BCUT2D eigenvalue weighted by molar-refractivity contribution is 7.99. The first kappa shape index (κ1) is 73.9. The summed E-state index contributed by atoms with van der Waals surface area (Å²) in [6.45, 7) is 5.34. The van der Waals surface area contributed by atoms with E-state index in [1.165, 1.54) is 212 Å². The fourth-order valence-corrected chi connectivity index (χ4v) is 12.6. The smallest absolute Gasteiger partial charge is 0.336 e. The summed E-state index contributed by atoms with van der Waals surface area (Å²) in [5, 5.41) is 0. The van der Waals surface area contributed by atoms with E-state index in [2.05, 4.69) is 20.8 Å². The molecule has 0 atom stereocenters. The van der Waals surface area contributed by atoms with Gasteiger partial charge in [-0.3, -0.25) is 14.4 Å². The highest BCUT2D eigenvalue weighted by Crippen LogP contribution is 2.17. The number of nitrogens with zero attached hydrogens (tertiary/aromatic N) is 3. The third-order valence-electron chi connectivity index (χ3n) is 14.6. The van der Waals surface area contributed by atoms with Gasteiger partial charge >= 0.3 is 35.0 Å². The van der Waals surface area contributed by atoms with Gasteiger partial charge in [0.2, 0.25) is 0 Å². The lowest BCUT2D eigenvalue weighted by Gasteiger charge is -2.14. The van der Waals surface area contributed by atoms with Crippen molar-refractivity contribution in [1.82, 2.24) is 13.7 Å². The molecular weight excluding hydrogens is 1040 g/mol. The van der Waals surface area contributed by atoms with Gasteiger partial charge in [0.25, 0.3) is 0 Å². The number of hydrogen-bond donors (Lipinski definition) is 0. The van der Waals surface area contributed by atoms with E-state index in [4.69, 9.17) is 14.2 Å². The predicted molar refractivity (Wildman–Crippen MR) is 335 cm³/mol. The van der Waals surface area contributed by atoms with Crippen LogP contribution in [0.2, 0.25) is 0 Å². The van der Waals surface area contributed by atoms with Gasteiger partial charge in [0.05, 0.1) is 19.6 Å². The minimum atomic E-state index is -0.878. The minimum absolute atomic E-state index is 0.223. The SMILES string of the molecule is CCCCCCCCCCCCCSCCCCC(=O)OCCn1c(=O)n(CCOC(=O)CCCCSCCCCCCCCCCCCC)c(=O)n(CCOC(=O)CCCCSCCCCCCCCCCCCC)c1=O. The number of ether oxygens (including phenoxy) is 3. The molecule has 15 heteroatoms. The van der Waals surface area contributed by atoms with Crippen molar-refractivity contribution in [3.8, 4) is 0 Å². The number of rotatable bonds is 60. The van der Waals surface area contributed by atoms with Gasteiger partial charge in [-0.05, 0) is 92.3 Å². The van der Waals surface area contributed by atoms with Crippen LogP contribution in [0, 0.1) is 0 Å². The lowest BCUT2D eigenvalue weighted by molar-refractivity contribution is -0.144. The van der Waals surface area contributed by atoms with E-state index in [0.717, 1.165) is 67.5 Å². The zero-order chi connectivity index (χ0) is 56.6. The van der Waals surface area contributed by atoms with E-state index < -0.39 is 35.0 Å². The fraction of sp³-hybridized carbons (Fsp3) is 0.905. The van der Waals surface area contributed by atoms with Crippen LogP contribution in [0.1, 0.15) is 290 Å². The molecule has 78 heavy (non-hydrogen) atoms. The fourth-order valence-electron chi connectivity index (χ4n) is 9.56. The van der Waals surface area contributed by atoms with Gasteiger partial charge in [0, 0.05) is 19.3 Å². The van der Waals surface area contributed by atoms with Crippen LogP contribution in [0.25, 0.3) is 0 Å². The maximum atomic E-state index is 13.6. The van der Waals surface area contributed by atoms with E-state index in [1.54, 1.807) is 0 Å². The molecule has 0 aliphatic rings. The second-order valence-electron chi connectivity index (χ2n) is 21.8. The molecule has 0 spiro atoms. The number of thioether (sulfide) groups is 3. The van der Waals surface area contributed by atoms with E-state index >= 15 is 0 Å². The second kappa shape index (κ2) is 56.7. The van der Waals surface area contributed by atoms with Gasteiger partial charge < -0.3 is 14.2 Å². The average Bonchev–Trinajstić information content (AvgIpc) is 3.46. The van der Waals surface area contributed by atoms with Gasteiger partial charge in [-0.1, -0.05) is 213 Å². The Hall–Kier alpha value is -2.13. The summed E-state index contributed by atoms with van der Waals surface area (Å²) in [6.07, 6.45) is 49.5. The van der Waals surface area contributed by atoms with Crippen LogP contribution in [-0.4, -0.2) is 85.9 Å². The Bertz CT molecular complexity index is 1510. The first-order valence-corrected chi connectivity index (χ1v) is 35.9. The van der Waals surface area contributed by atoms with E-state index in [9.17, 15) is 28.8 Å². The summed E-state index contributed by atoms with van der Waals surface area (Å²) >= 11 is 5.79. The minimum Gasteiger partial charge on any atom is -0.464 e. The summed E-state index contributed by atoms with van der Waals surface area (Å²) in [5.74, 6) is 5.16. The molecule has 0 aromatic carbocycles. The van der Waals surface area contributed by atoms with Crippen LogP contribution >= 0.6 is 35.3 Å². The van der Waals surface area contributed by atoms with Crippen molar-refractivity contribution in [3.05, 3.63) is 31.5 Å². The maximum absolute atomic E-state index is 13.6. The molecule has 12 nitrogen and oxygen atoms in total. The summed E-state index contributed by atoms with van der Waals surface area (Å²) in [7, 11) is 0. The Kier molecular flexibility index (Phi) is 53.7. The highest BCUT2D eigenvalue weighted by atomic mass is 32.2. The molecule has 0 radical (unpaired) electrons. The first-order chi connectivity index (χ1) is 38.3. The Labute approximate surface area is 488 Å². The number of hydrogen-bond acceptors (Lipinski definition) is 12. The van der Waals surface area contributed by atoms with Crippen molar-refractivity contribution in [2.75, 3.05) is 54.3 Å². The largest absolute Gasteiger partial charge is 0.464 e. The predicted octanol–water partition coefficient (Wildman–Crippen LogP) is 16.4. The molecule has 0 bridgehead atoms. The molecule has 1 heterocycles. The quantitative estimate of drug-likeness (QED) is 0.0348. The first-order valence-electron chi connectivity index (χ1n) is 32.4. The standard InChI is InChI=1S/C63H117N3O9S3/c1-4-7-10-13-16-19-22-25-28-31-37-52-76-55-40-34-43-58(67)73-49-46-64-61(70)65(47-50-74-59(68)44-35-41-56-77-53-38-32-29-26-23-20-17-14-11-8-5-2)63(72)66(62(64)71)48-51-75-60(69)45-36-42-57-78-54-39-33-30-27-24-21-18-15-12-9-6-3/h4-57H2,1-3H3. The lowest BCUT2D eigenvalue weighted by atomic mass is 10.1. The van der Waals surface area contributed by atoms with Crippen LogP contribution in [0.15, 0.2) is 14.4 Å². The topological polar surface area (TPSA) is 145 Å². The normalized spacial score (nSPS) is 11.4. The molecule has 1 aromatic heterocycles. The summed E-state index contributed by atoms with van der Waals surface area (Å²) in [5.41, 5.74) is -2.64. The van der Waals surface area contributed by atoms with Crippen LogP contribution in [0.4, 0.5) is 0 Å². The zero-order valence-corrected chi connectivity index (χ0v) is 52.9. The summed E-state index contributed by atoms with van der Waals surface area (Å²) in [4.78, 5) is 78.9. The van der Waals surface area contributed by atoms with E-state index in [0.29, 0.717) is 19.3 Å². The molecule has 0 amide bonds. The Morgan fingerprint density at radius 2 is 0.462 bits per heavy atom. The van der Waals surface area contributed by atoms with Crippen molar-refractivity contribution in [2.45, 2.75) is 310 Å². The van der Waals surface area contributed by atoms with Gasteiger partial charge in [0.15, 0.2) is 0 Å². The molecule has 0 saturated heterocycles. The highest BCUT2D eigenvalue weighted by Gasteiger charge is 2.18. The number of unbranched alkanes of at least 4 members (excludes halogenated alkanes) is 33. The third kappa shape index (κ3) is 44.5. The Morgan fingerprint density at radius 3 is 0.667 bits per heavy atom. The van der Waals surface area contributed by atoms with Crippen LogP contribution in [-0.2, 0) is 48.2 Å². The number of carbonyl (C=O) groups is 3. The van der Waals surface area contributed by atoms with Crippen LogP contribution < -0.4 is 17.1 Å². The van der Waals surface area contributed by atoms with Crippen LogP contribution in [0.5, 0.6) is 0 Å². The molecule has 0 aliphatic carbocycles. The molecule has 1 aromatic rings. The molecule has 0 aliphatic heterocycles. The van der Waals surface area contributed by atoms with Crippen molar-refractivity contribution < 1.29 is 28.6 Å². The maximum Gasteiger partial charge on any atom is 0.336 e. The summed E-state index contributed by atoms with van der Waals surface area (Å²) in [6, 6.07) is 0. The van der Waals surface area contributed by atoms with Gasteiger partial charge in [0.1, 0.15) is 19.8 Å². The van der Waals surface area contributed by atoms with E-state index in [1.807, 2.05) is 35.3 Å². The number of esters is 3. The molecule has 0 fully saturated rings. The zero-order valence-electron chi connectivity index (χ0n) is 50.4. The third-order valence-corrected chi connectivity index (χ3v) is 18.0. The molecule has 1 rings (SSSR count). The molecule has 456 valence electrons.